The van der Waals surface area contributed by atoms with Crippen molar-refractivity contribution < 1.29 is 18.3 Å². The molecule has 1 heterocycles. The summed E-state index contributed by atoms with van der Waals surface area (Å²) in [7, 11) is 0. The second-order valence-corrected chi connectivity index (χ2v) is 5.98. The molecule has 0 radical (unpaired) electrons. The Morgan fingerprint density at radius 2 is 1.92 bits per heavy atom. The number of benzene rings is 2. The lowest BCUT2D eigenvalue weighted by molar-refractivity contribution is -0.137. The molecule has 3 rings (SSSR count). The number of azo groups is 1. The highest BCUT2D eigenvalue weighted by molar-refractivity contribution is 7.80. The molecule has 5 nitrogen and oxygen atoms in total. The van der Waals surface area contributed by atoms with E-state index in [9.17, 15) is 18.3 Å². The van der Waals surface area contributed by atoms with Crippen molar-refractivity contribution in [2.24, 2.45) is 10.2 Å². The van der Waals surface area contributed by atoms with Crippen molar-refractivity contribution in [2.75, 3.05) is 5.32 Å². The summed E-state index contributed by atoms with van der Waals surface area (Å²) in [6, 6.07) is 9.80. The number of nitrogens with one attached hydrogen (secondary N) is 2. The Labute approximate surface area is 155 Å². The molecule has 0 saturated heterocycles. The molecule has 0 aliphatic rings. The number of para-hydroxylation sites is 1. The first-order chi connectivity index (χ1) is 12.3. The predicted octanol–water partition coefficient (Wildman–Crippen LogP) is 6.03. The fourth-order valence-corrected chi connectivity index (χ4v) is 2.56. The molecule has 1 aromatic heterocycles. The van der Waals surface area contributed by atoms with Gasteiger partial charge in [-0.1, -0.05) is 29.8 Å². The minimum atomic E-state index is -4.51. The first kappa shape index (κ1) is 18.2. The number of aromatic hydroxyl groups is 1. The summed E-state index contributed by atoms with van der Waals surface area (Å²) in [5.74, 6) is -0.199. The predicted molar refractivity (Wildman–Crippen MR) is 97.2 cm³/mol. The maximum Gasteiger partial charge on any atom is 0.416 e. The maximum atomic E-state index is 12.8. The van der Waals surface area contributed by atoms with Gasteiger partial charge in [0.1, 0.15) is 0 Å². The topological polar surface area (TPSA) is 72.8 Å². The molecule has 0 aliphatic heterocycles. The van der Waals surface area contributed by atoms with Crippen LogP contribution in [0.2, 0.25) is 5.02 Å². The number of halogens is 4. The van der Waals surface area contributed by atoms with Crippen LogP contribution in [0.15, 0.2) is 52.7 Å². The highest BCUT2D eigenvalue weighted by Crippen LogP contribution is 2.36. The normalized spacial score (nSPS) is 12.0. The number of alkyl halides is 3. The van der Waals surface area contributed by atoms with E-state index in [-0.39, 0.29) is 27.4 Å². The van der Waals surface area contributed by atoms with E-state index in [1.165, 1.54) is 0 Å². The van der Waals surface area contributed by atoms with Crippen LogP contribution in [-0.4, -0.2) is 15.2 Å². The van der Waals surface area contributed by atoms with Gasteiger partial charge in [-0.2, -0.15) is 13.2 Å². The molecule has 0 spiro atoms. The lowest BCUT2D eigenvalue weighted by atomic mass is 10.2. The number of anilines is 1. The van der Waals surface area contributed by atoms with Crippen LogP contribution in [0, 0.1) is 0 Å². The zero-order chi connectivity index (χ0) is 18.9. The number of thiocarbonyl (C=S) groups is 1. The van der Waals surface area contributed by atoms with Gasteiger partial charge in [0.15, 0.2) is 5.69 Å². The summed E-state index contributed by atoms with van der Waals surface area (Å²) < 4.78 is 38.4. The van der Waals surface area contributed by atoms with E-state index in [1.54, 1.807) is 24.3 Å². The van der Waals surface area contributed by atoms with Gasteiger partial charge in [0.25, 0.3) is 0 Å². The summed E-state index contributed by atoms with van der Waals surface area (Å²) in [6.07, 6.45) is -4.51. The van der Waals surface area contributed by atoms with Crippen molar-refractivity contribution in [3.05, 3.63) is 53.1 Å². The Morgan fingerprint density at radius 1 is 1.19 bits per heavy atom. The van der Waals surface area contributed by atoms with Crippen LogP contribution >= 0.6 is 23.8 Å². The lowest BCUT2D eigenvalue weighted by Gasteiger charge is -2.11. The minimum Gasteiger partial charge on any atom is -0.493 e. The molecule has 10 heteroatoms. The fraction of sp³-hybridized carbons (Fsp3) is 0.0625. The third-order valence-electron chi connectivity index (χ3n) is 3.44. The molecule has 0 atom stereocenters. The van der Waals surface area contributed by atoms with E-state index in [2.05, 4.69) is 20.5 Å². The molecule has 0 aliphatic carbocycles. The number of fused-ring (bicyclic) bond motifs is 1. The molecule has 3 aromatic rings. The quantitative estimate of drug-likeness (QED) is 0.364. The van der Waals surface area contributed by atoms with Crippen LogP contribution in [0.25, 0.3) is 10.9 Å². The number of H-pyrrole nitrogens is 1. The largest absolute Gasteiger partial charge is 0.493 e. The summed E-state index contributed by atoms with van der Waals surface area (Å²) in [5.41, 5.74) is -0.106. The fourth-order valence-electron chi connectivity index (χ4n) is 2.25. The van der Waals surface area contributed by atoms with Crippen molar-refractivity contribution in [3.8, 4) is 5.88 Å². The molecule has 0 amide bonds. The molecule has 0 saturated carbocycles. The van der Waals surface area contributed by atoms with E-state index in [0.717, 1.165) is 18.2 Å². The average molecular weight is 399 g/mol. The van der Waals surface area contributed by atoms with Gasteiger partial charge in [-0.15, -0.1) is 10.2 Å². The number of rotatable bonds is 2. The van der Waals surface area contributed by atoms with Crippen LogP contribution in [0.4, 0.5) is 24.5 Å². The van der Waals surface area contributed by atoms with Crippen LogP contribution in [0.5, 0.6) is 5.88 Å². The zero-order valence-corrected chi connectivity index (χ0v) is 14.4. The molecule has 0 bridgehead atoms. The number of nitrogens with zero attached hydrogens (tertiary/aromatic N) is 2. The van der Waals surface area contributed by atoms with Crippen LogP contribution in [0.3, 0.4) is 0 Å². The highest BCUT2D eigenvalue weighted by atomic mass is 35.5. The van der Waals surface area contributed by atoms with Gasteiger partial charge in [0.2, 0.25) is 11.0 Å². The van der Waals surface area contributed by atoms with Gasteiger partial charge in [0, 0.05) is 5.39 Å². The molecule has 134 valence electrons. The van der Waals surface area contributed by atoms with Gasteiger partial charge in [0.05, 0.1) is 21.8 Å². The summed E-state index contributed by atoms with van der Waals surface area (Å²) in [5, 5.41) is 20.4. The molecule has 0 unspecified atom stereocenters. The third kappa shape index (κ3) is 3.78. The van der Waals surface area contributed by atoms with Crippen molar-refractivity contribution >= 4 is 51.2 Å². The van der Waals surface area contributed by atoms with Gasteiger partial charge >= 0.3 is 6.18 Å². The van der Waals surface area contributed by atoms with Gasteiger partial charge in [-0.25, -0.2) is 0 Å². The van der Waals surface area contributed by atoms with Crippen LogP contribution in [-0.2, 0) is 6.18 Å². The van der Waals surface area contributed by atoms with Crippen molar-refractivity contribution in [1.29, 1.82) is 0 Å². The monoisotopic (exact) mass is 398 g/mol. The van der Waals surface area contributed by atoms with E-state index in [4.69, 9.17) is 23.8 Å². The van der Waals surface area contributed by atoms with Crippen LogP contribution < -0.4 is 5.32 Å². The summed E-state index contributed by atoms with van der Waals surface area (Å²) in [6.45, 7) is 0. The minimum absolute atomic E-state index is 0.0468. The Morgan fingerprint density at radius 3 is 2.65 bits per heavy atom. The van der Waals surface area contributed by atoms with Crippen molar-refractivity contribution in [1.82, 2.24) is 4.98 Å². The lowest BCUT2D eigenvalue weighted by Crippen LogP contribution is -2.09. The molecular formula is C16H10ClF3N4OS. The van der Waals surface area contributed by atoms with Crippen molar-refractivity contribution in [2.45, 2.75) is 6.18 Å². The first-order valence-electron chi connectivity index (χ1n) is 7.15. The van der Waals surface area contributed by atoms with Gasteiger partial charge in [-0.3, -0.25) is 0 Å². The smallest absolute Gasteiger partial charge is 0.416 e. The SMILES string of the molecule is Oc1[nH]c2ccccc2c1N=NC(=S)Nc1cc(C(F)(F)F)ccc1Cl. The number of aromatic amines is 1. The zero-order valence-electron chi connectivity index (χ0n) is 12.8. The average Bonchev–Trinajstić information content (AvgIpc) is 2.89. The first-order valence-corrected chi connectivity index (χ1v) is 7.93. The van der Waals surface area contributed by atoms with E-state index >= 15 is 0 Å². The summed E-state index contributed by atoms with van der Waals surface area (Å²) in [4.78, 5) is 2.73. The highest BCUT2D eigenvalue weighted by Gasteiger charge is 2.31. The third-order valence-corrected chi connectivity index (χ3v) is 3.95. The molecule has 3 N–H and O–H groups in total. The van der Waals surface area contributed by atoms with E-state index in [1.807, 2.05) is 0 Å². The Hall–Kier alpha value is -2.65. The van der Waals surface area contributed by atoms with Gasteiger partial charge in [-0.05, 0) is 36.5 Å². The van der Waals surface area contributed by atoms with Gasteiger partial charge < -0.3 is 15.4 Å². The molecular weight excluding hydrogens is 389 g/mol. The summed E-state index contributed by atoms with van der Waals surface area (Å²) >= 11 is 10.9. The number of hydrogen-bond acceptors (Lipinski definition) is 3. The van der Waals surface area contributed by atoms with Crippen LogP contribution in [0.1, 0.15) is 5.56 Å². The molecule has 2 aromatic carbocycles. The van der Waals surface area contributed by atoms with E-state index in [0.29, 0.717) is 10.9 Å². The second kappa shape index (κ2) is 6.93. The number of aromatic nitrogens is 1. The molecule has 26 heavy (non-hydrogen) atoms. The molecule has 0 fully saturated rings. The number of hydrogen-bond donors (Lipinski definition) is 3. The standard InChI is InChI=1S/C16H10ClF3N4OS/c17-10-6-5-8(16(18,19)20)7-12(10)22-15(26)24-23-13-9-3-1-2-4-11(9)21-14(13)25/h1-7,21,25H,(H,22,26). The van der Waals surface area contributed by atoms with Crippen molar-refractivity contribution in [3.63, 3.8) is 0 Å². The Balaban J connectivity index is 1.83. The van der Waals surface area contributed by atoms with E-state index < -0.39 is 11.7 Å². The maximum absolute atomic E-state index is 12.8. The second-order valence-electron chi connectivity index (χ2n) is 5.19. The Bertz CT molecular complexity index is 1020. The Kier molecular flexibility index (Phi) is 4.84.